The van der Waals surface area contributed by atoms with Gasteiger partial charge in [0.05, 0.1) is 12.1 Å². The van der Waals surface area contributed by atoms with Crippen LogP contribution in [-0.4, -0.2) is 53.2 Å². The van der Waals surface area contributed by atoms with Crippen LogP contribution in [0.3, 0.4) is 0 Å². The van der Waals surface area contributed by atoms with Crippen molar-refractivity contribution in [2.24, 2.45) is 0 Å². The molecule has 0 bridgehead atoms. The Kier molecular flexibility index (Phi) is 14.3. The number of aromatic nitrogens is 2. The Morgan fingerprint density at radius 2 is 1.80 bits per heavy atom. The maximum atomic E-state index is 12.6. The summed E-state index contributed by atoms with van der Waals surface area (Å²) in [5.74, 6) is -0.282. The van der Waals surface area contributed by atoms with Crippen molar-refractivity contribution in [1.29, 1.82) is 0 Å². The molecule has 0 atom stereocenters. The lowest BCUT2D eigenvalue weighted by atomic mass is 10.1. The average molecular weight is 640 g/mol. The molecular weight excluding hydrogens is 599 g/mol. The van der Waals surface area contributed by atoms with E-state index in [0.717, 1.165) is 30.5 Å². The van der Waals surface area contributed by atoms with Crippen molar-refractivity contribution in [3.63, 3.8) is 0 Å². The summed E-state index contributed by atoms with van der Waals surface area (Å²) in [5.41, 5.74) is 2.96. The Morgan fingerprint density at radius 1 is 1.04 bits per heavy atom. The Balaban J connectivity index is 0.000000235. The van der Waals surface area contributed by atoms with Gasteiger partial charge in [-0.1, -0.05) is 48.0 Å². The number of nitrogens with one attached hydrogen (secondary N) is 2. The van der Waals surface area contributed by atoms with E-state index < -0.39 is 11.7 Å². The highest BCUT2D eigenvalue weighted by atomic mass is 32.1. The number of benzene rings is 2. The third-order valence-corrected chi connectivity index (χ3v) is 7.67. The largest absolute Gasteiger partial charge is 0.417 e. The Hall–Kier alpha value is -3.93. The maximum Gasteiger partial charge on any atom is 0.417 e. The van der Waals surface area contributed by atoms with Crippen LogP contribution in [0.2, 0.25) is 0 Å². The van der Waals surface area contributed by atoms with Crippen LogP contribution in [0.4, 0.5) is 13.2 Å². The number of thiazole rings is 1. The second-order valence-corrected chi connectivity index (χ2v) is 11.7. The first-order chi connectivity index (χ1) is 21.5. The molecule has 0 unspecified atom stereocenters. The minimum Gasteiger partial charge on any atom is -0.352 e. The molecule has 2 heterocycles. The van der Waals surface area contributed by atoms with Crippen LogP contribution in [-0.2, 0) is 19.3 Å². The highest BCUT2D eigenvalue weighted by molar-refractivity contribution is 7.09. The fourth-order valence-corrected chi connectivity index (χ4v) is 4.94. The Bertz CT molecular complexity index is 1480. The van der Waals surface area contributed by atoms with Crippen LogP contribution in [0.1, 0.15) is 67.4 Å². The van der Waals surface area contributed by atoms with E-state index in [0.29, 0.717) is 42.5 Å². The van der Waals surface area contributed by atoms with E-state index in [1.807, 2.05) is 18.2 Å². The van der Waals surface area contributed by atoms with Crippen LogP contribution >= 0.6 is 11.3 Å². The van der Waals surface area contributed by atoms with E-state index in [4.69, 9.17) is 0 Å². The number of amides is 1. The van der Waals surface area contributed by atoms with Crippen molar-refractivity contribution in [3.8, 4) is 0 Å². The van der Waals surface area contributed by atoms with Crippen LogP contribution in [0, 0.1) is 13.8 Å². The number of hydrogen-bond acceptors (Lipinski definition) is 7. The zero-order valence-corrected chi connectivity index (χ0v) is 26.6. The molecule has 2 N–H and O–H groups in total. The Morgan fingerprint density at radius 3 is 2.40 bits per heavy atom. The first-order valence-electron chi connectivity index (χ1n) is 14.7. The number of rotatable bonds is 11. The molecule has 1 fully saturated rings. The minimum absolute atomic E-state index is 0.256. The summed E-state index contributed by atoms with van der Waals surface area (Å²) in [4.78, 5) is 33.1. The summed E-state index contributed by atoms with van der Waals surface area (Å²) in [6.07, 6.45) is 1.79. The van der Waals surface area contributed by atoms with Gasteiger partial charge < -0.3 is 10.6 Å². The molecule has 5 rings (SSSR count). The molecule has 240 valence electrons. The lowest BCUT2D eigenvalue weighted by Crippen LogP contribution is -2.27. The van der Waals surface area contributed by atoms with Gasteiger partial charge in [-0.3, -0.25) is 19.5 Å². The van der Waals surface area contributed by atoms with E-state index in [1.165, 1.54) is 35.7 Å². The monoisotopic (exact) mass is 639 g/mol. The van der Waals surface area contributed by atoms with Gasteiger partial charge in [-0.05, 0) is 70.5 Å². The van der Waals surface area contributed by atoms with Crippen LogP contribution in [0.5, 0.6) is 0 Å². The summed E-state index contributed by atoms with van der Waals surface area (Å²) in [6, 6.07) is 18.5. The number of nitrogens with zero attached hydrogens (tertiary/aromatic N) is 3. The van der Waals surface area contributed by atoms with Gasteiger partial charge in [-0.2, -0.15) is 13.2 Å². The summed E-state index contributed by atoms with van der Waals surface area (Å²) in [7, 11) is 2.19. The molecule has 7 nitrogen and oxygen atoms in total. The molecule has 0 saturated heterocycles. The zero-order valence-electron chi connectivity index (χ0n) is 25.8. The SMILES string of the molecule is Cc1ccccc1.Cc1csc(CN(C)C2CC2)n1.O=Cc1cccc(C(=O)NCCCNCc2cncc(C(F)(F)F)c2)c1. The fraction of sp³-hybridized carbons (Fsp3) is 0.353. The minimum atomic E-state index is -4.41. The second-order valence-electron chi connectivity index (χ2n) is 10.8. The van der Waals surface area contributed by atoms with Gasteiger partial charge in [0, 0.05) is 53.7 Å². The number of hydrogen-bond donors (Lipinski definition) is 2. The molecule has 1 aliphatic carbocycles. The quantitative estimate of drug-likeness (QED) is 0.138. The molecule has 0 aliphatic heterocycles. The van der Waals surface area contributed by atoms with E-state index in [2.05, 4.69) is 63.9 Å². The fourth-order valence-electron chi connectivity index (χ4n) is 4.11. The number of carbonyl (C=O) groups is 2. The van der Waals surface area contributed by atoms with E-state index >= 15 is 0 Å². The summed E-state index contributed by atoms with van der Waals surface area (Å²) in [5, 5.41) is 9.10. The average Bonchev–Trinajstić information content (AvgIpc) is 3.81. The number of carbonyl (C=O) groups excluding carboxylic acids is 2. The van der Waals surface area contributed by atoms with E-state index in [1.54, 1.807) is 29.5 Å². The molecule has 2 aromatic carbocycles. The Labute approximate surface area is 266 Å². The van der Waals surface area contributed by atoms with Gasteiger partial charge in [0.25, 0.3) is 5.91 Å². The number of aryl methyl sites for hydroxylation is 2. The van der Waals surface area contributed by atoms with Gasteiger partial charge in [-0.25, -0.2) is 4.98 Å². The van der Waals surface area contributed by atoms with Crippen LogP contribution in [0.15, 0.2) is 78.4 Å². The first kappa shape index (κ1) is 35.5. The predicted octanol–water partition coefficient (Wildman–Crippen LogP) is 6.86. The lowest BCUT2D eigenvalue weighted by Gasteiger charge is -2.12. The topological polar surface area (TPSA) is 87.2 Å². The predicted molar refractivity (Wildman–Crippen MR) is 172 cm³/mol. The van der Waals surface area contributed by atoms with Crippen molar-refractivity contribution in [2.45, 2.75) is 58.4 Å². The molecule has 2 aromatic heterocycles. The van der Waals surface area contributed by atoms with Crippen molar-refractivity contribution >= 4 is 23.5 Å². The smallest absolute Gasteiger partial charge is 0.352 e. The van der Waals surface area contributed by atoms with Gasteiger partial charge in [0.15, 0.2) is 0 Å². The standard InChI is InChI=1S/C18H18F3N3O2.C9H14N2S.C7H8/c19-18(20,21)16-8-14(10-23-11-16)9-22-5-2-6-24-17(26)15-4-1-3-13(7-15)12-25;1-7-6-12-9(10-7)5-11(2)8-3-4-8;1-7-5-3-2-4-6-7/h1,3-4,7-8,10-12,22H,2,5-6,9H2,(H,24,26);6,8H,3-5H2,1-2H3;2-6H,1H3. The third-order valence-electron chi connectivity index (χ3n) is 6.71. The summed E-state index contributed by atoms with van der Waals surface area (Å²) in [6.45, 7) is 6.34. The highest BCUT2D eigenvalue weighted by Crippen LogP contribution is 2.29. The van der Waals surface area contributed by atoms with Gasteiger partial charge in [-0.15, -0.1) is 11.3 Å². The van der Waals surface area contributed by atoms with Crippen LogP contribution in [0.25, 0.3) is 0 Å². The second kappa shape index (κ2) is 18.1. The zero-order chi connectivity index (χ0) is 32.7. The van der Waals surface area contributed by atoms with Crippen molar-refractivity contribution in [1.82, 2.24) is 25.5 Å². The molecule has 45 heavy (non-hydrogen) atoms. The number of alkyl halides is 3. The molecule has 0 radical (unpaired) electrons. The third kappa shape index (κ3) is 13.7. The van der Waals surface area contributed by atoms with Gasteiger partial charge >= 0.3 is 6.18 Å². The first-order valence-corrected chi connectivity index (χ1v) is 15.6. The molecule has 4 aromatic rings. The van der Waals surface area contributed by atoms with E-state index in [9.17, 15) is 22.8 Å². The normalized spacial score (nSPS) is 12.4. The maximum absolute atomic E-state index is 12.6. The van der Waals surface area contributed by atoms with Crippen molar-refractivity contribution in [3.05, 3.63) is 117 Å². The van der Waals surface area contributed by atoms with Gasteiger partial charge in [0.1, 0.15) is 11.3 Å². The summed E-state index contributed by atoms with van der Waals surface area (Å²) >= 11 is 1.77. The molecule has 1 amide bonds. The molecule has 1 aliphatic rings. The number of aldehydes is 1. The van der Waals surface area contributed by atoms with Crippen LogP contribution < -0.4 is 10.6 Å². The highest BCUT2D eigenvalue weighted by Gasteiger charge is 2.31. The van der Waals surface area contributed by atoms with Gasteiger partial charge in [0.2, 0.25) is 0 Å². The number of pyridine rings is 1. The summed E-state index contributed by atoms with van der Waals surface area (Å²) < 4.78 is 37.8. The molecule has 11 heteroatoms. The molecule has 0 spiro atoms. The molecular formula is C34H40F3N5O2S. The van der Waals surface area contributed by atoms with Crippen molar-refractivity contribution < 1.29 is 22.8 Å². The lowest BCUT2D eigenvalue weighted by molar-refractivity contribution is -0.137. The van der Waals surface area contributed by atoms with E-state index in [-0.39, 0.29) is 12.5 Å². The number of halogens is 3. The molecule has 1 saturated carbocycles. The van der Waals surface area contributed by atoms with Crippen molar-refractivity contribution in [2.75, 3.05) is 20.1 Å².